The van der Waals surface area contributed by atoms with E-state index in [1.807, 2.05) is 25.1 Å². The van der Waals surface area contributed by atoms with Crippen LogP contribution >= 0.6 is 22.4 Å². The van der Waals surface area contributed by atoms with Gasteiger partial charge in [0.25, 0.3) is 0 Å². The number of methoxy groups -OCH3 is 1. The number of pyridine rings is 2. The van der Waals surface area contributed by atoms with Gasteiger partial charge < -0.3 is 14.2 Å². The fourth-order valence-corrected chi connectivity index (χ4v) is 8.55. The summed E-state index contributed by atoms with van der Waals surface area (Å²) in [5, 5.41) is 7.40. The van der Waals surface area contributed by atoms with Crippen LogP contribution < -0.4 is 4.74 Å². The predicted molar refractivity (Wildman–Crippen MR) is 176 cm³/mol. The molecular weight excluding hydrogens is 687 g/mol. The third kappa shape index (κ3) is 6.36. The van der Waals surface area contributed by atoms with E-state index >= 15 is 0 Å². The van der Waals surface area contributed by atoms with Crippen LogP contribution in [0.25, 0.3) is 5.65 Å². The highest BCUT2D eigenvalue weighted by atomic mass is 35.5. The molecule has 0 radical (unpaired) electrons. The average molecular weight is 724 g/mol. The lowest BCUT2D eigenvalue weighted by Gasteiger charge is -2.44. The highest BCUT2D eigenvalue weighted by Crippen LogP contribution is 2.59. The highest BCUT2D eigenvalue weighted by molar-refractivity contribution is 8.22. The third-order valence-corrected chi connectivity index (χ3v) is 11.6. The number of ether oxygens (including phenoxy) is 3. The van der Waals surface area contributed by atoms with Gasteiger partial charge in [-0.1, -0.05) is 29.8 Å². The van der Waals surface area contributed by atoms with E-state index in [-0.39, 0.29) is 34.7 Å². The molecule has 1 unspecified atom stereocenters. The fourth-order valence-electron chi connectivity index (χ4n) is 6.82. The molecule has 49 heavy (non-hydrogen) atoms. The van der Waals surface area contributed by atoms with Crippen molar-refractivity contribution in [1.82, 2.24) is 23.9 Å². The number of esters is 1. The summed E-state index contributed by atoms with van der Waals surface area (Å²) in [4.78, 5) is 17.7. The molecule has 0 amide bonds. The molecule has 1 fully saturated rings. The Balaban J connectivity index is 1.46. The van der Waals surface area contributed by atoms with Crippen molar-refractivity contribution in [2.45, 2.75) is 69.7 Å². The van der Waals surface area contributed by atoms with Crippen LogP contribution in [0.5, 0.6) is 5.88 Å². The summed E-state index contributed by atoms with van der Waals surface area (Å²) in [6.07, 6.45) is -2.48. The first-order chi connectivity index (χ1) is 23.0. The zero-order valence-corrected chi connectivity index (χ0v) is 29.1. The molecule has 2 aliphatic heterocycles. The molecule has 264 valence electrons. The zero-order chi connectivity index (χ0) is 35.5. The van der Waals surface area contributed by atoms with E-state index in [4.69, 9.17) is 25.8 Å². The van der Waals surface area contributed by atoms with Crippen LogP contribution in [0, 0.1) is 19.3 Å². The van der Waals surface area contributed by atoms with Gasteiger partial charge in [0, 0.05) is 31.5 Å². The Kier molecular flexibility index (Phi) is 9.16. The van der Waals surface area contributed by atoms with Crippen LogP contribution in [-0.4, -0.2) is 71.4 Å². The molecule has 1 atom stereocenters. The lowest BCUT2D eigenvalue weighted by Crippen LogP contribution is -2.49. The SMILES string of the molecule is COC(=O)C(C)(C)C(c1ccc(C)c(CN2CC3(CCOCC3)Oc3nc(Cl)ccc3S2(O)O)c1)c1ccn2c(C(F)(F)F)nnc2c1C. The van der Waals surface area contributed by atoms with Crippen LogP contribution in [0.1, 0.15) is 66.2 Å². The minimum atomic E-state index is -4.72. The number of aromatic nitrogens is 4. The molecule has 6 rings (SSSR count). The fraction of sp³-hybridized carbons (Fsp3) is 0.455. The maximum absolute atomic E-state index is 13.7. The number of benzene rings is 1. The molecule has 0 saturated carbocycles. The molecule has 2 N–H and O–H groups in total. The minimum Gasteiger partial charge on any atom is -0.469 e. The molecule has 16 heteroatoms. The third-order valence-electron chi connectivity index (χ3n) is 9.55. The molecular formula is C33H37ClF3N5O6S. The first-order valence-electron chi connectivity index (χ1n) is 15.5. The average Bonchev–Trinajstić information content (AvgIpc) is 3.46. The first kappa shape index (κ1) is 35.4. The molecule has 1 spiro atoms. The molecule has 2 aliphatic rings. The van der Waals surface area contributed by atoms with Crippen molar-refractivity contribution in [3.05, 3.63) is 81.4 Å². The Hall–Kier alpha value is -3.47. The summed E-state index contributed by atoms with van der Waals surface area (Å²) in [6.45, 7) is 8.03. The van der Waals surface area contributed by atoms with Crippen LogP contribution in [0.2, 0.25) is 5.15 Å². The monoisotopic (exact) mass is 723 g/mol. The van der Waals surface area contributed by atoms with E-state index < -0.39 is 45.7 Å². The van der Waals surface area contributed by atoms with Gasteiger partial charge >= 0.3 is 12.1 Å². The largest absolute Gasteiger partial charge is 0.469 e. The van der Waals surface area contributed by atoms with E-state index in [1.165, 1.54) is 25.4 Å². The van der Waals surface area contributed by atoms with Crippen molar-refractivity contribution in [3.8, 4) is 5.88 Å². The van der Waals surface area contributed by atoms with Gasteiger partial charge in [-0.25, -0.2) is 0 Å². The summed E-state index contributed by atoms with van der Waals surface area (Å²) in [6, 6.07) is 10.2. The molecule has 1 saturated heterocycles. The lowest BCUT2D eigenvalue weighted by atomic mass is 9.70. The standard InChI is InChI=1S/C33H37ClF3N5O6S/c1-19-6-7-21(26(31(3,4)30(43)46-5)23-10-13-42-27(20(23)2)39-40-29(42)33(35,36)37)16-22(19)17-41-18-32(11-14-47-15-12-32)48-28-24(49(41,44)45)8-9-25(34)38-28/h6-10,13,16,26,44-45H,11-12,14-15,17-18H2,1-5H3. The van der Waals surface area contributed by atoms with Gasteiger partial charge in [0.1, 0.15) is 15.6 Å². The van der Waals surface area contributed by atoms with E-state index in [0.29, 0.717) is 42.7 Å². The van der Waals surface area contributed by atoms with Crippen LogP contribution in [0.4, 0.5) is 13.2 Å². The van der Waals surface area contributed by atoms with Crippen molar-refractivity contribution in [3.63, 3.8) is 0 Å². The van der Waals surface area contributed by atoms with E-state index in [9.17, 15) is 27.1 Å². The molecule has 0 bridgehead atoms. The summed E-state index contributed by atoms with van der Waals surface area (Å²) in [5.74, 6) is -2.33. The van der Waals surface area contributed by atoms with Gasteiger partial charge in [-0.3, -0.25) is 18.3 Å². The Bertz CT molecular complexity index is 1910. The number of nitrogens with zero attached hydrogens (tertiary/aromatic N) is 5. The van der Waals surface area contributed by atoms with Crippen molar-refractivity contribution in [2.24, 2.45) is 5.41 Å². The van der Waals surface area contributed by atoms with Crippen molar-refractivity contribution < 1.29 is 41.3 Å². The van der Waals surface area contributed by atoms with Gasteiger partial charge in [0.2, 0.25) is 11.7 Å². The number of alkyl halides is 3. The summed E-state index contributed by atoms with van der Waals surface area (Å²) >= 11 is 6.19. The Labute approximate surface area is 287 Å². The topological polar surface area (TPSA) is 132 Å². The maximum Gasteiger partial charge on any atom is 0.452 e. The number of rotatable bonds is 6. The van der Waals surface area contributed by atoms with Gasteiger partial charge in [-0.2, -0.15) is 22.5 Å². The van der Waals surface area contributed by atoms with Gasteiger partial charge in [0.15, 0.2) is 5.65 Å². The molecule has 1 aromatic carbocycles. The number of fused-ring (bicyclic) bond motifs is 2. The second-order valence-corrected chi connectivity index (χ2v) is 15.5. The first-order valence-corrected chi connectivity index (χ1v) is 17.4. The zero-order valence-electron chi connectivity index (χ0n) is 27.5. The lowest BCUT2D eigenvalue weighted by molar-refractivity contribution is -0.151. The number of halogens is 4. The predicted octanol–water partition coefficient (Wildman–Crippen LogP) is 7.21. The molecule has 11 nitrogen and oxygen atoms in total. The van der Waals surface area contributed by atoms with Crippen molar-refractivity contribution in [1.29, 1.82) is 0 Å². The minimum absolute atomic E-state index is 0.00970. The van der Waals surface area contributed by atoms with Crippen LogP contribution in [0.15, 0.2) is 47.5 Å². The molecule has 5 heterocycles. The number of carbonyl (C=O) groups excluding carboxylic acids is 1. The van der Waals surface area contributed by atoms with Crippen LogP contribution in [-0.2, 0) is 27.0 Å². The van der Waals surface area contributed by atoms with Gasteiger partial charge in [-0.05, 0) is 73.7 Å². The summed E-state index contributed by atoms with van der Waals surface area (Å²) in [7, 11) is -2.35. The van der Waals surface area contributed by atoms with Crippen molar-refractivity contribution in [2.75, 3.05) is 26.9 Å². The molecule has 0 aliphatic carbocycles. The number of hydrogen-bond acceptors (Lipinski definition) is 10. The quantitative estimate of drug-likeness (QED) is 0.155. The highest BCUT2D eigenvalue weighted by Gasteiger charge is 2.46. The summed E-state index contributed by atoms with van der Waals surface area (Å²) in [5.41, 5.74) is 1.19. The Morgan fingerprint density at radius 1 is 1.12 bits per heavy atom. The number of carbonyl (C=O) groups is 1. The number of aryl methyl sites for hydroxylation is 2. The van der Waals surface area contributed by atoms with E-state index in [2.05, 4.69) is 15.2 Å². The van der Waals surface area contributed by atoms with Gasteiger partial charge in [-0.15, -0.1) is 21.0 Å². The maximum atomic E-state index is 13.7. The molecule has 4 aromatic rings. The molecule has 3 aromatic heterocycles. The van der Waals surface area contributed by atoms with Crippen molar-refractivity contribution >= 4 is 34.0 Å². The second kappa shape index (κ2) is 12.7. The van der Waals surface area contributed by atoms with E-state index in [1.54, 1.807) is 31.1 Å². The summed E-state index contributed by atoms with van der Waals surface area (Å²) < 4.78 is 84.4. The van der Waals surface area contributed by atoms with Gasteiger partial charge in [0.05, 0.1) is 32.3 Å². The number of hydrogen-bond donors (Lipinski definition) is 2. The van der Waals surface area contributed by atoms with E-state index in [0.717, 1.165) is 15.5 Å². The smallest absolute Gasteiger partial charge is 0.452 e. The Morgan fingerprint density at radius 3 is 2.51 bits per heavy atom. The normalized spacial score (nSPS) is 19.2. The van der Waals surface area contributed by atoms with Crippen LogP contribution in [0.3, 0.4) is 0 Å². The Morgan fingerprint density at radius 2 is 1.84 bits per heavy atom. The second-order valence-electron chi connectivity index (χ2n) is 13.1.